The van der Waals surface area contributed by atoms with E-state index in [0.717, 1.165) is 5.52 Å². The Kier molecular flexibility index (Phi) is 4.17. The minimum atomic E-state index is -0.406. The Balaban J connectivity index is 1.54. The lowest BCUT2D eigenvalue weighted by Gasteiger charge is -2.27. The Morgan fingerprint density at radius 3 is 3.07 bits per heavy atom. The number of hydrogen-bond donors (Lipinski definition) is 3. The fraction of sp³-hybridized carbons (Fsp3) is 0.158. The summed E-state index contributed by atoms with van der Waals surface area (Å²) >= 11 is 0. The van der Waals surface area contributed by atoms with Gasteiger partial charge in [-0.1, -0.05) is 12.1 Å². The van der Waals surface area contributed by atoms with E-state index in [9.17, 15) is 9.60 Å². The van der Waals surface area contributed by atoms with Gasteiger partial charge in [-0.05, 0) is 6.07 Å². The van der Waals surface area contributed by atoms with Crippen LogP contribution >= 0.6 is 0 Å². The molecule has 0 aliphatic carbocycles. The van der Waals surface area contributed by atoms with Crippen molar-refractivity contribution in [3.63, 3.8) is 0 Å². The summed E-state index contributed by atoms with van der Waals surface area (Å²) in [5.41, 5.74) is 4.55. The average molecular weight is 393 g/mol. The molecule has 1 aliphatic rings. The molecule has 9 nitrogen and oxygen atoms in total. The van der Waals surface area contributed by atoms with E-state index in [4.69, 9.17) is 4.74 Å². The van der Waals surface area contributed by atoms with E-state index in [2.05, 4.69) is 30.8 Å². The molecule has 10 heteroatoms. The van der Waals surface area contributed by atoms with Crippen LogP contribution in [0.3, 0.4) is 0 Å². The first-order valence-corrected chi connectivity index (χ1v) is 8.97. The monoisotopic (exact) mass is 393 g/mol. The molecule has 3 aromatic heterocycles. The van der Waals surface area contributed by atoms with Crippen LogP contribution in [0.2, 0.25) is 0 Å². The highest BCUT2D eigenvalue weighted by Gasteiger charge is 2.25. The highest BCUT2D eigenvalue weighted by atomic mass is 19.1. The van der Waals surface area contributed by atoms with Crippen molar-refractivity contribution in [1.29, 1.82) is 0 Å². The van der Waals surface area contributed by atoms with Gasteiger partial charge in [-0.2, -0.15) is 5.10 Å². The number of aromatic nitrogens is 5. The molecule has 0 radical (unpaired) electrons. The molecule has 5 rings (SSSR count). The second-order valence-corrected chi connectivity index (χ2v) is 6.52. The Morgan fingerprint density at radius 1 is 1.24 bits per heavy atom. The van der Waals surface area contributed by atoms with Crippen LogP contribution < -0.4 is 15.5 Å². The number of ether oxygens (including phenoxy) is 1. The standard InChI is InChI=1S/C19H16FN7O2/c20-13-3-1-2-11-14(4-7-29-17(11)13)24-19-15(26-28)9-22-18(25-19)12-8-23-27-6-5-21-10-16(12)27/h1-3,5-6,8-10,14,26,28H,4,7H2,(H,22,24,25)/t14-/m1/s1. The van der Waals surface area contributed by atoms with Gasteiger partial charge in [-0.15, -0.1) is 0 Å². The maximum absolute atomic E-state index is 14.1. The lowest BCUT2D eigenvalue weighted by Crippen LogP contribution is -2.22. The third-order valence-electron chi connectivity index (χ3n) is 4.81. The van der Waals surface area contributed by atoms with Crippen molar-refractivity contribution >= 4 is 17.0 Å². The molecule has 1 aromatic carbocycles. The molecule has 0 amide bonds. The summed E-state index contributed by atoms with van der Waals surface area (Å²) in [4.78, 5) is 13.0. The molecule has 146 valence electrons. The first kappa shape index (κ1) is 17.3. The van der Waals surface area contributed by atoms with Gasteiger partial charge >= 0.3 is 0 Å². The molecule has 3 N–H and O–H groups in total. The van der Waals surface area contributed by atoms with E-state index in [-0.39, 0.29) is 11.8 Å². The first-order valence-electron chi connectivity index (χ1n) is 8.97. The van der Waals surface area contributed by atoms with Gasteiger partial charge in [0.1, 0.15) is 5.69 Å². The van der Waals surface area contributed by atoms with Gasteiger partial charge in [0, 0.05) is 24.4 Å². The quantitative estimate of drug-likeness (QED) is 0.454. The zero-order valence-electron chi connectivity index (χ0n) is 15.1. The number of rotatable bonds is 4. The van der Waals surface area contributed by atoms with Crippen LogP contribution in [0.1, 0.15) is 18.0 Å². The number of para-hydroxylation sites is 1. The molecule has 0 fully saturated rings. The molecular weight excluding hydrogens is 377 g/mol. The molecule has 0 spiro atoms. The third kappa shape index (κ3) is 2.99. The number of hydrogen-bond acceptors (Lipinski definition) is 8. The van der Waals surface area contributed by atoms with Crippen LogP contribution in [0.15, 0.2) is 49.2 Å². The smallest absolute Gasteiger partial charge is 0.165 e. The van der Waals surface area contributed by atoms with Crippen molar-refractivity contribution in [3.05, 3.63) is 60.6 Å². The summed E-state index contributed by atoms with van der Waals surface area (Å²) < 4.78 is 21.2. The van der Waals surface area contributed by atoms with Crippen LogP contribution in [-0.2, 0) is 0 Å². The van der Waals surface area contributed by atoms with E-state index in [0.29, 0.717) is 41.5 Å². The Labute approximate surface area is 164 Å². The Bertz CT molecular complexity index is 1200. The minimum Gasteiger partial charge on any atom is -0.490 e. The SMILES string of the molecule is ONc1cnc(-c2cnn3ccncc23)nc1N[C@@H]1CCOc2c(F)cccc21. The summed E-state index contributed by atoms with van der Waals surface area (Å²) in [7, 11) is 0. The topological polar surface area (TPSA) is 109 Å². The number of benzene rings is 1. The maximum Gasteiger partial charge on any atom is 0.165 e. The molecule has 1 atom stereocenters. The number of fused-ring (bicyclic) bond motifs is 2. The van der Waals surface area contributed by atoms with Crippen molar-refractivity contribution < 1.29 is 14.3 Å². The van der Waals surface area contributed by atoms with Gasteiger partial charge in [0.05, 0.1) is 42.3 Å². The fourth-order valence-corrected chi connectivity index (χ4v) is 3.41. The predicted octanol–water partition coefficient (Wildman–Crippen LogP) is 3.06. The highest BCUT2D eigenvalue weighted by molar-refractivity contribution is 5.77. The van der Waals surface area contributed by atoms with E-state index in [1.54, 1.807) is 41.4 Å². The van der Waals surface area contributed by atoms with Crippen LogP contribution in [0, 0.1) is 5.82 Å². The van der Waals surface area contributed by atoms with E-state index >= 15 is 0 Å². The van der Waals surface area contributed by atoms with Crippen molar-refractivity contribution in [2.45, 2.75) is 12.5 Å². The van der Waals surface area contributed by atoms with Crippen molar-refractivity contribution in [2.24, 2.45) is 0 Å². The molecule has 0 bridgehead atoms. The zero-order chi connectivity index (χ0) is 19.8. The highest BCUT2D eigenvalue weighted by Crippen LogP contribution is 2.37. The molecule has 1 aliphatic heterocycles. The van der Waals surface area contributed by atoms with Gasteiger partial charge in [-0.25, -0.2) is 18.9 Å². The van der Waals surface area contributed by atoms with Gasteiger partial charge in [-0.3, -0.25) is 15.7 Å². The van der Waals surface area contributed by atoms with Crippen molar-refractivity contribution in [1.82, 2.24) is 24.6 Å². The Hall–Kier alpha value is -3.79. The van der Waals surface area contributed by atoms with Crippen molar-refractivity contribution in [2.75, 3.05) is 17.4 Å². The Morgan fingerprint density at radius 2 is 2.17 bits per heavy atom. The van der Waals surface area contributed by atoms with Crippen LogP contribution in [0.4, 0.5) is 15.9 Å². The lowest BCUT2D eigenvalue weighted by atomic mass is 10.0. The number of nitrogens with one attached hydrogen (secondary N) is 2. The second-order valence-electron chi connectivity index (χ2n) is 6.52. The molecule has 29 heavy (non-hydrogen) atoms. The maximum atomic E-state index is 14.1. The third-order valence-corrected chi connectivity index (χ3v) is 4.81. The molecule has 4 aromatic rings. The number of halogens is 1. The van der Waals surface area contributed by atoms with E-state index in [1.165, 1.54) is 12.3 Å². The van der Waals surface area contributed by atoms with Gasteiger partial charge in [0.2, 0.25) is 0 Å². The second kappa shape index (κ2) is 6.99. The van der Waals surface area contributed by atoms with Gasteiger partial charge < -0.3 is 10.1 Å². The van der Waals surface area contributed by atoms with E-state index in [1.807, 2.05) is 0 Å². The van der Waals surface area contributed by atoms with Gasteiger partial charge in [0.25, 0.3) is 0 Å². The summed E-state index contributed by atoms with van der Waals surface area (Å²) in [6, 6.07) is 4.57. The average Bonchev–Trinajstić information content (AvgIpc) is 3.19. The largest absolute Gasteiger partial charge is 0.490 e. The van der Waals surface area contributed by atoms with Crippen LogP contribution in [0.5, 0.6) is 5.75 Å². The van der Waals surface area contributed by atoms with Crippen LogP contribution in [-0.4, -0.2) is 36.4 Å². The summed E-state index contributed by atoms with van der Waals surface area (Å²) in [6.07, 6.45) is 8.78. The van der Waals surface area contributed by atoms with Crippen LogP contribution in [0.25, 0.3) is 16.9 Å². The normalized spacial score (nSPS) is 15.6. The van der Waals surface area contributed by atoms with E-state index < -0.39 is 5.82 Å². The lowest BCUT2D eigenvalue weighted by molar-refractivity contribution is 0.260. The molecular formula is C19H16FN7O2. The number of nitrogens with zero attached hydrogens (tertiary/aromatic N) is 5. The van der Waals surface area contributed by atoms with Gasteiger partial charge in [0.15, 0.2) is 23.2 Å². The molecule has 0 saturated carbocycles. The molecule has 0 unspecified atom stereocenters. The molecule has 0 saturated heterocycles. The van der Waals surface area contributed by atoms with Crippen molar-refractivity contribution in [3.8, 4) is 17.1 Å². The number of anilines is 2. The first-order chi connectivity index (χ1) is 14.2. The summed E-state index contributed by atoms with van der Waals surface area (Å²) in [6.45, 7) is 0.366. The fourth-order valence-electron chi connectivity index (χ4n) is 3.41. The summed E-state index contributed by atoms with van der Waals surface area (Å²) in [5.74, 6) is 0.623. The summed E-state index contributed by atoms with van der Waals surface area (Å²) in [5, 5.41) is 17.0. The molecule has 4 heterocycles. The minimum absolute atomic E-state index is 0.234. The zero-order valence-corrected chi connectivity index (χ0v) is 15.1. The predicted molar refractivity (Wildman–Crippen MR) is 102 cm³/mol.